The second-order valence-electron chi connectivity index (χ2n) is 7.45. The molecule has 2 aromatic heterocycles. The van der Waals surface area contributed by atoms with E-state index >= 15 is 0 Å². The number of pyridine rings is 1. The Morgan fingerprint density at radius 3 is 2.59 bits per heavy atom. The molecule has 0 radical (unpaired) electrons. The Hall–Kier alpha value is -3.56. The first-order chi connectivity index (χ1) is 15.2. The van der Waals surface area contributed by atoms with Crippen molar-refractivity contribution in [2.75, 3.05) is 11.9 Å². The van der Waals surface area contributed by atoms with Crippen molar-refractivity contribution in [3.63, 3.8) is 0 Å². The molecule has 0 saturated carbocycles. The summed E-state index contributed by atoms with van der Waals surface area (Å²) < 4.78 is 52.7. The highest BCUT2D eigenvalue weighted by atomic mass is 19.4. The van der Waals surface area contributed by atoms with Crippen LogP contribution in [-0.2, 0) is 23.9 Å². The Morgan fingerprint density at radius 1 is 1.16 bits per heavy atom. The molecule has 1 aliphatic heterocycles. The molecule has 1 N–H and O–H groups in total. The van der Waals surface area contributed by atoms with E-state index in [-0.39, 0.29) is 18.0 Å². The molecule has 1 amide bonds. The molecule has 1 aromatic carbocycles. The lowest BCUT2D eigenvalue weighted by molar-refractivity contribution is -0.140. The SMILES string of the molecule is C[C@@H](Nc1ccncc1)C(=O)N1CCc2c(ncnc2-c2ccc(C(F)(F)F)c(F)c2)C1. The highest BCUT2D eigenvalue weighted by Crippen LogP contribution is 2.34. The van der Waals surface area contributed by atoms with E-state index in [2.05, 4.69) is 20.3 Å². The number of rotatable bonds is 4. The highest BCUT2D eigenvalue weighted by Gasteiger charge is 2.34. The van der Waals surface area contributed by atoms with Crippen LogP contribution in [0.5, 0.6) is 0 Å². The Balaban J connectivity index is 1.54. The number of hydrogen-bond acceptors (Lipinski definition) is 5. The van der Waals surface area contributed by atoms with Gasteiger partial charge in [-0.05, 0) is 37.6 Å². The van der Waals surface area contributed by atoms with Gasteiger partial charge in [0.15, 0.2) is 0 Å². The third kappa shape index (κ3) is 4.39. The summed E-state index contributed by atoms with van der Waals surface area (Å²) in [5, 5.41) is 3.13. The quantitative estimate of drug-likeness (QED) is 0.613. The van der Waals surface area contributed by atoms with Crippen molar-refractivity contribution in [1.82, 2.24) is 19.9 Å². The molecule has 0 aliphatic carbocycles. The van der Waals surface area contributed by atoms with Crippen molar-refractivity contribution in [1.29, 1.82) is 0 Å². The van der Waals surface area contributed by atoms with E-state index in [4.69, 9.17) is 0 Å². The molecule has 6 nitrogen and oxygen atoms in total. The minimum atomic E-state index is -4.77. The smallest absolute Gasteiger partial charge is 0.374 e. The number of nitrogens with zero attached hydrogens (tertiary/aromatic N) is 4. The van der Waals surface area contributed by atoms with Gasteiger partial charge in [-0.3, -0.25) is 9.78 Å². The summed E-state index contributed by atoms with van der Waals surface area (Å²) in [4.78, 5) is 26.9. The van der Waals surface area contributed by atoms with Crippen molar-refractivity contribution in [2.24, 2.45) is 0 Å². The third-order valence-corrected chi connectivity index (χ3v) is 5.30. The lowest BCUT2D eigenvalue weighted by Gasteiger charge is -2.31. The van der Waals surface area contributed by atoms with Crippen LogP contribution in [0, 0.1) is 5.82 Å². The van der Waals surface area contributed by atoms with Crippen molar-refractivity contribution in [2.45, 2.75) is 32.1 Å². The first kappa shape index (κ1) is 21.7. The zero-order chi connectivity index (χ0) is 22.9. The van der Waals surface area contributed by atoms with Gasteiger partial charge >= 0.3 is 6.18 Å². The molecule has 3 heterocycles. The van der Waals surface area contributed by atoms with Crippen molar-refractivity contribution < 1.29 is 22.4 Å². The molecule has 1 atom stereocenters. The number of anilines is 1. The lowest BCUT2D eigenvalue weighted by Crippen LogP contribution is -2.44. The van der Waals surface area contributed by atoms with Crippen LogP contribution in [-0.4, -0.2) is 38.3 Å². The normalized spacial score (nSPS) is 14.6. The van der Waals surface area contributed by atoms with Crippen LogP contribution in [0.15, 0.2) is 49.1 Å². The Morgan fingerprint density at radius 2 is 1.91 bits per heavy atom. The first-order valence-electron chi connectivity index (χ1n) is 9.89. The number of amides is 1. The second kappa shape index (κ2) is 8.52. The molecule has 4 rings (SSSR count). The van der Waals surface area contributed by atoms with E-state index in [0.717, 1.165) is 11.8 Å². The van der Waals surface area contributed by atoms with E-state index in [1.807, 2.05) is 0 Å². The average molecular weight is 445 g/mol. The summed E-state index contributed by atoms with van der Waals surface area (Å²) >= 11 is 0. The average Bonchev–Trinajstić information content (AvgIpc) is 2.77. The van der Waals surface area contributed by atoms with Crippen LogP contribution >= 0.6 is 0 Å². The van der Waals surface area contributed by atoms with Crippen LogP contribution in [0.3, 0.4) is 0 Å². The van der Waals surface area contributed by atoms with Crippen LogP contribution < -0.4 is 5.32 Å². The fourth-order valence-corrected chi connectivity index (χ4v) is 3.72. The predicted molar refractivity (Wildman–Crippen MR) is 109 cm³/mol. The molecular weight excluding hydrogens is 426 g/mol. The van der Waals surface area contributed by atoms with Crippen molar-refractivity contribution in [3.8, 4) is 11.3 Å². The lowest BCUT2D eigenvalue weighted by atomic mass is 9.97. The van der Waals surface area contributed by atoms with Gasteiger partial charge in [0.1, 0.15) is 18.2 Å². The molecule has 1 aliphatic rings. The summed E-state index contributed by atoms with van der Waals surface area (Å²) in [6, 6.07) is 5.79. The standard InChI is InChI=1S/C22H19F4N5O/c1-13(30-15-4-7-27-8-5-15)21(32)31-9-6-16-19(11-31)28-12-29-20(16)14-2-3-17(18(23)10-14)22(24,25)26/h2-5,7-8,10,12-13H,6,9,11H2,1H3,(H,27,30)/t13-/m1/s1. The summed E-state index contributed by atoms with van der Waals surface area (Å²) in [5.41, 5.74) is 1.35. The molecule has 32 heavy (non-hydrogen) atoms. The summed E-state index contributed by atoms with van der Waals surface area (Å²) in [5.74, 6) is -1.47. The fourth-order valence-electron chi connectivity index (χ4n) is 3.72. The monoisotopic (exact) mass is 445 g/mol. The van der Waals surface area contributed by atoms with Gasteiger partial charge in [-0.25, -0.2) is 14.4 Å². The second-order valence-corrected chi connectivity index (χ2v) is 7.45. The van der Waals surface area contributed by atoms with Crippen LogP contribution in [0.25, 0.3) is 11.3 Å². The number of aromatic nitrogens is 3. The topological polar surface area (TPSA) is 71.0 Å². The molecule has 3 aromatic rings. The predicted octanol–water partition coefficient (Wildman–Crippen LogP) is 4.08. The largest absolute Gasteiger partial charge is 0.419 e. The molecule has 0 fully saturated rings. The summed E-state index contributed by atoms with van der Waals surface area (Å²) in [6.45, 7) is 2.38. The fraction of sp³-hybridized carbons (Fsp3) is 0.273. The molecule has 0 bridgehead atoms. The van der Waals surface area contributed by atoms with Gasteiger partial charge in [-0.2, -0.15) is 13.2 Å². The van der Waals surface area contributed by atoms with Crippen molar-refractivity contribution in [3.05, 3.63) is 71.7 Å². The maximum Gasteiger partial charge on any atom is 0.419 e. The minimum absolute atomic E-state index is 0.117. The van der Waals surface area contributed by atoms with E-state index in [1.54, 1.807) is 36.4 Å². The van der Waals surface area contributed by atoms with E-state index in [1.165, 1.54) is 12.4 Å². The van der Waals surface area contributed by atoms with Gasteiger partial charge < -0.3 is 10.2 Å². The van der Waals surface area contributed by atoms with Gasteiger partial charge in [-0.15, -0.1) is 0 Å². The number of benzene rings is 1. The molecule has 0 spiro atoms. The van der Waals surface area contributed by atoms with Gasteiger partial charge in [0.25, 0.3) is 0 Å². The summed E-state index contributed by atoms with van der Waals surface area (Å²) in [7, 11) is 0. The number of hydrogen-bond donors (Lipinski definition) is 1. The number of carbonyl (C=O) groups is 1. The van der Waals surface area contributed by atoms with Gasteiger partial charge in [0.2, 0.25) is 5.91 Å². The van der Waals surface area contributed by atoms with Gasteiger partial charge in [0.05, 0.1) is 23.5 Å². The zero-order valence-corrected chi connectivity index (χ0v) is 17.0. The Kier molecular flexibility index (Phi) is 5.77. The van der Waals surface area contributed by atoms with Gasteiger partial charge in [0, 0.05) is 35.8 Å². The highest BCUT2D eigenvalue weighted by molar-refractivity contribution is 5.84. The van der Waals surface area contributed by atoms with E-state index in [0.29, 0.717) is 36.0 Å². The maximum atomic E-state index is 14.1. The summed E-state index contributed by atoms with van der Waals surface area (Å²) in [6.07, 6.45) is 0.159. The number of nitrogens with one attached hydrogen (secondary N) is 1. The first-order valence-corrected chi connectivity index (χ1v) is 9.89. The molecule has 10 heteroatoms. The zero-order valence-electron chi connectivity index (χ0n) is 17.0. The number of fused-ring (bicyclic) bond motifs is 1. The number of carbonyl (C=O) groups excluding carboxylic acids is 1. The van der Waals surface area contributed by atoms with Crippen molar-refractivity contribution >= 4 is 11.6 Å². The third-order valence-electron chi connectivity index (χ3n) is 5.30. The van der Waals surface area contributed by atoms with E-state index < -0.39 is 23.6 Å². The Labute approximate surface area is 181 Å². The van der Waals surface area contributed by atoms with E-state index in [9.17, 15) is 22.4 Å². The molecule has 0 saturated heterocycles. The Bertz CT molecular complexity index is 1140. The number of halogens is 4. The molecule has 0 unspecified atom stereocenters. The maximum absolute atomic E-state index is 14.1. The van der Waals surface area contributed by atoms with Gasteiger partial charge in [-0.1, -0.05) is 6.07 Å². The van der Waals surface area contributed by atoms with Crippen LogP contribution in [0.1, 0.15) is 23.7 Å². The molecular formula is C22H19F4N5O. The minimum Gasteiger partial charge on any atom is -0.374 e. The molecule has 166 valence electrons. The van der Waals surface area contributed by atoms with Crippen LogP contribution in [0.4, 0.5) is 23.2 Å². The number of alkyl halides is 3. The van der Waals surface area contributed by atoms with Crippen LogP contribution in [0.2, 0.25) is 0 Å².